The summed E-state index contributed by atoms with van der Waals surface area (Å²) in [5, 5.41) is 11.1. The highest BCUT2D eigenvalue weighted by Gasteiger charge is 2.21. The molecule has 0 aliphatic heterocycles. The topological polar surface area (TPSA) is 111 Å². The molecule has 2 N–H and O–H groups in total. The number of methoxy groups -OCH3 is 1. The molecule has 0 atom stereocenters. The third-order valence-electron chi connectivity index (χ3n) is 4.75. The van der Waals surface area contributed by atoms with Crippen molar-refractivity contribution in [3.05, 3.63) is 82.9 Å². The number of rotatable bonds is 6. The van der Waals surface area contributed by atoms with Crippen molar-refractivity contribution in [3.8, 4) is 17.2 Å². The number of aromatic nitrogens is 2. The zero-order chi connectivity index (χ0) is 23.9. The Morgan fingerprint density at radius 1 is 1.21 bits per heavy atom. The van der Waals surface area contributed by atoms with Crippen LogP contribution in [0.5, 0.6) is 11.5 Å². The van der Waals surface area contributed by atoms with E-state index in [0.29, 0.717) is 25.9 Å². The summed E-state index contributed by atoms with van der Waals surface area (Å²) < 4.78 is 26.1. The van der Waals surface area contributed by atoms with E-state index in [2.05, 4.69) is 4.98 Å². The number of ether oxygens (including phenoxy) is 2. The predicted octanol–water partition coefficient (Wildman–Crippen LogP) is 4.47. The first kappa shape index (κ1) is 22.8. The number of thiophene rings is 1. The highest BCUT2D eigenvalue weighted by molar-refractivity contribution is 7.13. The fourth-order valence-corrected chi connectivity index (χ4v) is 4.54. The number of carboxylic acids is 1. The van der Waals surface area contributed by atoms with Gasteiger partial charge in [0, 0.05) is 11.4 Å². The van der Waals surface area contributed by atoms with Gasteiger partial charge in [0.05, 0.1) is 39.3 Å². The number of aromatic amines is 1. The summed E-state index contributed by atoms with van der Waals surface area (Å²) in [5.41, 5.74) is -1.81. The van der Waals surface area contributed by atoms with Gasteiger partial charge in [0.1, 0.15) is 28.8 Å². The van der Waals surface area contributed by atoms with Gasteiger partial charge in [-0.3, -0.25) is 4.79 Å². The fourth-order valence-electron chi connectivity index (χ4n) is 3.25. The lowest BCUT2D eigenvalue weighted by Crippen LogP contribution is -2.34. The molecular weight excluding hydrogens is 498 g/mol. The molecule has 8 nitrogen and oxygen atoms in total. The zero-order valence-corrected chi connectivity index (χ0v) is 19.0. The summed E-state index contributed by atoms with van der Waals surface area (Å²) in [4.78, 5) is 39.1. The van der Waals surface area contributed by atoms with Gasteiger partial charge in [0.2, 0.25) is 0 Å². The highest BCUT2D eigenvalue weighted by Crippen LogP contribution is 2.34. The van der Waals surface area contributed by atoms with Crippen LogP contribution >= 0.6 is 34.5 Å². The Labute approximate surface area is 198 Å². The first-order chi connectivity index (χ1) is 15.7. The van der Waals surface area contributed by atoms with Crippen molar-refractivity contribution < 1.29 is 23.8 Å². The molecule has 0 bridgehead atoms. The lowest BCUT2D eigenvalue weighted by Gasteiger charge is -2.14. The van der Waals surface area contributed by atoms with E-state index >= 15 is 0 Å². The van der Waals surface area contributed by atoms with E-state index in [0.717, 1.165) is 23.5 Å². The number of carbonyl (C=O) groups is 1. The van der Waals surface area contributed by atoms with E-state index in [1.165, 1.54) is 18.6 Å². The standard InChI is InChI=1S/C21H13Cl2FN2O6S/c1-31-17-10(11(22)3-4-12(17)23)7-32-9-2-5-13(24)15(6-9)26-19(27)16-14(25-21(26)30)8-33-18(16)20(28)29/h2-6,8H,7H2,1H3,(H,25,30)(H,28,29). The van der Waals surface area contributed by atoms with Gasteiger partial charge >= 0.3 is 11.7 Å². The van der Waals surface area contributed by atoms with Gasteiger partial charge in [0.15, 0.2) is 0 Å². The smallest absolute Gasteiger partial charge is 0.346 e. The van der Waals surface area contributed by atoms with Crippen molar-refractivity contribution >= 4 is 51.4 Å². The molecule has 2 aromatic carbocycles. The number of fused-ring (bicyclic) bond motifs is 1. The number of carboxylic acid groups (broad SMARTS) is 1. The lowest BCUT2D eigenvalue weighted by atomic mass is 10.2. The van der Waals surface area contributed by atoms with Crippen LogP contribution < -0.4 is 20.7 Å². The molecule has 170 valence electrons. The maximum absolute atomic E-state index is 14.7. The summed E-state index contributed by atoms with van der Waals surface area (Å²) in [6, 6.07) is 6.59. The van der Waals surface area contributed by atoms with Crippen LogP contribution in [0.25, 0.3) is 16.6 Å². The molecule has 0 amide bonds. The number of halogens is 3. The van der Waals surface area contributed by atoms with Crippen molar-refractivity contribution in [2.45, 2.75) is 6.61 Å². The zero-order valence-electron chi connectivity index (χ0n) is 16.6. The largest absolute Gasteiger partial charge is 0.495 e. The Bertz CT molecular complexity index is 1530. The predicted molar refractivity (Wildman–Crippen MR) is 122 cm³/mol. The number of nitrogens with zero attached hydrogens (tertiary/aromatic N) is 1. The van der Waals surface area contributed by atoms with Crippen LogP contribution in [-0.4, -0.2) is 27.7 Å². The Hall–Kier alpha value is -3.34. The Morgan fingerprint density at radius 2 is 1.94 bits per heavy atom. The fraction of sp³-hybridized carbons (Fsp3) is 0.0952. The Balaban J connectivity index is 1.78. The van der Waals surface area contributed by atoms with Crippen LogP contribution in [0.2, 0.25) is 10.0 Å². The number of hydrogen-bond donors (Lipinski definition) is 2. The first-order valence-corrected chi connectivity index (χ1v) is 10.8. The van der Waals surface area contributed by atoms with Gasteiger partial charge in [-0.1, -0.05) is 23.2 Å². The number of hydrogen-bond acceptors (Lipinski definition) is 6. The summed E-state index contributed by atoms with van der Waals surface area (Å²) in [5.74, 6) is -1.81. The number of aromatic carboxylic acids is 1. The second kappa shape index (κ2) is 8.89. The van der Waals surface area contributed by atoms with E-state index in [-0.39, 0.29) is 28.1 Å². The van der Waals surface area contributed by atoms with E-state index in [4.69, 9.17) is 32.7 Å². The molecule has 0 saturated heterocycles. The molecule has 33 heavy (non-hydrogen) atoms. The van der Waals surface area contributed by atoms with Crippen LogP contribution in [0.1, 0.15) is 15.2 Å². The SMILES string of the molecule is COc1c(Cl)ccc(Cl)c1COc1ccc(F)c(-n2c(=O)[nH]c3csc(C(=O)O)c3c2=O)c1. The van der Waals surface area contributed by atoms with Gasteiger partial charge in [-0.05, 0) is 24.3 Å². The van der Waals surface area contributed by atoms with Gasteiger partial charge in [-0.25, -0.2) is 18.5 Å². The summed E-state index contributed by atoms with van der Waals surface area (Å²) >= 11 is 13.1. The molecule has 0 aliphatic carbocycles. The number of H-pyrrole nitrogens is 1. The average Bonchev–Trinajstić information content (AvgIpc) is 3.20. The maximum Gasteiger partial charge on any atom is 0.346 e. The lowest BCUT2D eigenvalue weighted by molar-refractivity contribution is 0.0704. The minimum atomic E-state index is -1.34. The van der Waals surface area contributed by atoms with Crippen molar-refractivity contribution in [2.24, 2.45) is 0 Å². The second-order valence-electron chi connectivity index (χ2n) is 6.67. The molecule has 0 radical (unpaired) electrons. The van der Waals surface area contributed by atoms with E-state index in [9.17, 15) is 23.9 Å². The van der Waals surface area contributed by atoms with Gasteiger partial charge < -0.3 is 19.6 Å². The van der Waals surface area contributed by atoms with Crippen LogP contribution in [0.3, 0.4) is 0 Å². The molecule has 0 spiro atoms. The quantitative estimate of drug-likeness (QED) is 0.395. The molecule has 0 aliphatic rings. The van der Waals surface area contributed by atoms with Crippen molar-refractivity contribution in [1.29, 1.82) is 0 Å². The molecule has 4 rings (SSSR count). The molecule has 0 fully saturated rings. The summed E-state index contributed by atoms with van der Waals surface area (Å²) in [6.45, 7) is -0.106. The second-order valence-corrected chi connectivity index (χ2v) is 8.37. The van der Waals surface area contributed by atoms with Crippen molar-refractivity contribution in [2.75, 3.05) is 7.11 Å². The monoisotopic (exact) mass is 510 g/mol. The van der Waals surface area contributed by atoms with Gasteiger partial charge in [0.25, 0.3) is 5.56 Å². The van der Waals surface area contributed by atoms with Crippen LogP contribution in [-0.2, 0) is 6.61 Å². The molecule has 4 aromatic rings. The van der Waals surface area contributed by atoms with E-state index < -0.39 is 28.7 Å². The normalized spacial score (nSPS) is 11.0. The maximum atomic E-state index is 14.7. The van der Waals surface area contributed by atoms with Crippen molar-refractivity contribution in [3.63, 3.8) is 0 Å². The first-order valence-electron chi connectivity index (χ1n) is 9.16. The third kappa shape index (κ3) is 4.08. The minimum Gasteiger partial charge on any atom is -0.495 e. The van der Waals surface area contributed by atoms with Crippen LogP contribution in [0, 0.1) is 5.82 Å². The minimum absolute atomic E-state index is 0.0548. The molecular formula is C21H13Cl2FN2O6S. The Morgan fingerprint density at radius 3 is 2.64 bits per heavy atom. The number of benzene rings is 2. The molecule has 12 heteroatoms. The van der Waals surface area contributed by atoms with Crippen molar-refractivity contribution in [1.82, 2.24) is 9.55 Å². The molecule has 0 saturated carbocycles. The van der Waals surface area contributed by atoms with Crippen LogP contribution in [0.15, 0.2) is 45.3 Å². The summed E-state index contributed by atoms with van der Waals surface area (Å²) in [7, 11) is 1.42. The highest BCUT2D eigenvalue weighted by atomic mass is 35.5. The Kier molecular flexibility index (Phi) is 6.15. The van der Waals surface area contributed by atoms with E-state index in [1.54, 1.807) is 12.1 Å². The third-order valence-corrected chi connectivity index (χ3v) is 6.37. The van der Waals surface area contributed by atoms with E-state index in [1.807, 2.05) is 0 Å². The van der Waals surface area contributed by atoms with Gasteiger partial charge in [-0.15, -0.1) is 11.3 Å². The molecule has 2 aromatic heterocycles. The molecule has 0 unspecified atom stereocenters. The van der Waals surface area contributed by atoms with Gasteiger partial charge in [-0.2, -0.15) is 0 Å². The average molecular weight is 511 g/mol. The summed E-state index contributed by atoms with van der Waals surface area (Å²) in [6.07, 6.45) is 0. The van der Waals surface area contributed by atoms with Crippen LogP contribution in [0.4, 0.5) is 4.39 Å². The molecule has 2 heterocycles. The number of nitrogens with one attached hydrogen (secondary N) is 1.